The maximum absolute atomic E-state index is 12.5. The minimum atomic E-state index is -0.864. The molecule has 174 valence electrons. The molecule has 2 heterocycles. The third-order valence-corrected chi connectivity index (χ3v) is 5.24. The van der Waals surface area contributed by atoms with Crippen molar-refractivity contribution < 1.29 is 23.8 Å². The Morgan fingerprint density at radius 3 is 2.74 bits per heavy atom. The predicted molar refractivity (Wildman–Crippen MR) is 128 cm³/mol. The molecule has 1 amide bonds. The fourth-order valence-electron chi connectivity index (χ4n) is 3.48. The Labute approximate surface area is 195 Å². The lowest BCUT2D eigenvalue weighted by atomic mass is 10.00. The summed E-state index contributed by atoms with van der Waals surface area (Å²) in [6.45, 7) is 1.82. The zero-order valence-corrected chi connectivity index (χ0v) is 18.7. The number of hydrogen-bond acceptors (Lipinski definition) is 7. The van der Waals surface area contributed by atoms with Crippen LogP contribution >= 0.6 is 0 Å². The number of oxazole rings is 1. The molecule has 3 N–H and O–H groups in total. The Kier molecular flexibility index (Phi) is 6.72. The molecule has 0 bridgehead atoms. The molecule has 2 aromatic heterocycles. The summed E-state index contributed by atoms with van der Waals surface area (Å²) in [5.41, 5.74) is 3.57. The number of aromatic nitrogens is 2. The lowest BCUT2D eigenvalue weighted by Crippen LogP contribution is -2.15. The van der Waals surface area contributed by atoms with E-state index in [1.165, 1.54) is 0 Å². The Hall–Kier alpha value is -4.40. The quantitative estimate of drug-likeness (QED) is 0.327. The van der Waals surface area contributed by atoms with Crippen LogP contribution in [0.5, 0.6) is 5.75 Å². The first-order valence-corrected chi connectivity index (χ1v) is 10.7. The number of amides is 1. The molecule has 9 nitrogen and oxygen atoms in total. The lowest BCUT2D eigenvalue weighted by Gasteiger charge is -2.10. The van der Waals surface area contributed by atoms with Gasteiger partial charge in [-0.25, -0.2) is 4.98 Å². The number of ether oxygens (including phenoxy) is 1. The number of nitrogens with one attached hydrogen (secondary N) is 2. The minimum Gasteiger partial charge on any atom is -0.497 e. The molecule has 0 radical (unpaired) electrons. The predicted octanol–water partition coefficient (Wildman–Crippen LogP) is 4.73. The van der Waals surface area contributed by atoms with Gasteiger partial charge in [0.05, 0.1) is 20.0 Å². The number of anilines is 3. The number of pyridine rings is 1. The molecule has 0 unspecified atom stereocenters. The van der Waals surface area contributed by atoms with Gasteiger partial charge in [0.15, 0.2) is 5.58 Å². The van der Waals surface area contributed by atoms with Gasteiger partial charge in [0.1, 0.15) is 17.1 Å². The van der Waals surface area contributed by atoms with Crippen molar-refractivity contribution in [1.29, 1.82) is 0 Å². The molecule has 0 fully saturated rings. The van der Waals surface area contributed by atoms with Crippen LogP contribution in [0.15, 0.2) is 65.2 Å². The molecule has 1 atom stereocenters. The minimum absolute atomic E-state index is 0.0221. The third kappa shape index (κ3) is 5.69. The van der Waals surface area contributed by atoms with E-state index in [1.807, 2.05) is 37.3 Å². The first-order chi connectivity index (χ1) is 16.4. The molecular weight excluding hydrogens is 436 g/mol. The van der Waals surface area contributed by atoms with Crippen molar-refractivity contribution in [2.45, 2.75) is 25.7 Å². The summed E-state index contributed by atoms with van der Waals surface area (Å²) < 4.78 is 11.0. The summed E-state index contributed by atoms with van der Waals surface area (Å²) in [7, 11) is 1.60. The molecule has 34 heavy (non-hydrogen) atoms. The van der Waals surface area contributed by atoms with Gasteiger partial charge in [-0.05, 0) is 47.4 Å². The standard InChI is InChI=1S/C25H24N4O5/c1-15(10-24(31)32)17-7-9-22(26-14-17)29-23(30)12-16-6-8-20-21(11-16)34-25(28-20)27-18-4-3-5-19(13-18)33-2/h3-9,11,13-15H,10,12H2,1-2H3,(H,27,28)(H,31,32)(H,26,29,30)/t15-/m0/s1. The van der Waals surface area contributed by atoms with Gasteiger partial charge in [-0.1, -0.05) is 25.1 Å². The second-order valence-electron chi connectivity index (χ2n) is 7.88. The number of rotatable bonds is 9. The highest BCUT2D eigenvalue weighted by atomic mass is 16.5. The van der Waals surface area contributed by atoms with E-state index in [2.05, 4.69) is 20.6 Å². The van der Waals surface area contributed by atoms with Crippen LogP contribution in [0.4, 0.5) is 17.5 Å². The van der Waals surface area contributed by atoms with Crippen molar-refractivity contribution in [1.82, 2.24) is 9.97 Å². The summed E-state index contributed by atoms with van der Waals surface area (Å²) >= 11 is 0. The molecule has 0 aliphatic carbocycles. The highest BCUT2D eigenvalue weighted by molar-refractivity contribution is 5.92. The molecule has 0 aliphatic heterocycles. The molecule has 0 spiro atoms. The van der Waals surface area contributed by atoms with Gasteiger partial charge in [-0.2, -0.15) is 4.98 Å². The number of carboxylic acids is 1. The smallest absolute Gasteiger partial charge is 0.303 e. The van der Waals surface area contributed by atoms with Crippen molar-refractivity contribution in [2.75, 3.05) is 17.7 Å². The zero-order chi connectivity index (χ0) is 24.1. The van der Waals surface area contributed by atoms with E-state index < -0.39 is 5.97 Å². The van der Waals surface area contributed by atoms with Crippen LogP contribution in [0.25, 0.3) is 11.1 Å². The monoisotopic (exact) mass is 460 g/mol. The van der Waals surface area contributed by atoms with Gasteiger partial charge < -0.3 is 24.9 Å². The lowest BCUT2D eigenvalue weighted by molar-refractivity contribution is -0.137. The van der Waals surface area contributed by atoms with Crippen molar-refractivity contribution in [3.05, 3.63) is 71.9 Å². The van der Waals surface area contributed by atoms with Crippen molar-refractivity contribution >= 4 is 40.5 Å². The van der Waals surface area contributed by atoms with Gasteiger partial charge in [0, 0.05) is 18.0 Å². The number of aliphatic carboxylic acids is 1. The number of nitrogens with zero attached hydrogens (tertiary/aromatic N) is 2. The summed E-state index contributed by atoms with van der Waals surface area (Å²) in [5, 5.41) is 14.8. The van der Waals surface area contributed by atoms with Crippen LogP contribution in [0.1, 0.15) is 30.4 Å². The van der Waals surface area contributed by atoms with Crippen LogP contribution in [-0.4, -0.2) is 34.1 Å². The Balaban J connectivity index is 1.39. The average molecular weight is 460 g/mol. The van der Waals surface area contributed by atoms with Crippen LogP contribution in [0.2, 0.25) is 0 Å². The summed E-state index contributed by atoms with van der Waals surface area (Å²) in [5.74, 6) is -0.133. The number of carbonyl (C=O) groups excluding carboxylic acids is 1. The summed E-state index contributed by atoms with van der Waals surface area (Å²) in [6.07, 6.45) is 1.74. The normalized spacial score (nSPS) is 11.7. The topological polar surface area (TPSA) is 127 Å². The summed E-state index contributed by atoms with van der Waals surface area (Å²) in [4.78, 5) is 32.0. The zero-order valence-electron chi connectivity index (χ0n) is 18.7. The molecule has 0 aliphatic rings. The molecule has 4 aromatic rings. The van der Waals surface area contributed by atoms with E-state index >= 15 is 0 Å². The third-order valence-electron chi connectivity index (χ3n) is 5.24. The van der Waals surface area contributed by atoms with Gasteiger partial charge in [0.25, 0.3) is 6.01 Å². The second-order valence-corrected chi connectivity index (χ2v) is 7.88. The number of carboxylic acid groups (broad SMARTS) is 1. The van der Waals surface area contributed by atoms with E-state index in [0.29, 0.717) is 28.7 Å². The molecular formula is C25H24N4O5. The van der Waals surface area contributed by atoms with E-state index in [0.717, 1.165) is 16.8 Å². The fraction of sp³-hybridized carbons (Fsp3) is 0.200. The van der Waals surface area contributed by atoms with E-state index in [9.17, 15) is 9.59 Å². The maximum atomic E-state index is 12.5. The fourth-order valence-corrected chi connectivity index (χ4v) is 3.48. The SMILES string of the molecule is COc1cccc(Nc2nc3ccc(CC(=O)Nc4ccc([C@@H](C)CC(=O)O)cn4)cc3o2)c1. The number of hydrogen-bond donors (Lipinski definition) is 3. The van der Waals surface area contributed by atoms with Crippen molar-refractivity contribution in [2.24, 2.45) is 0 Å². The van der Waals surface area contributed by atoms with Gasteiger partial charge >= 0.3 is 5.97 Å². The maximum Gasteiger partial charge on any atom is 0.303 e. The van der Waals surface area contributed by atoms with E-state index in [1.54, 1.807) is 37.6 Å². The Morgan fingerprint density at radius 2 is 2.00 bits per heavy atom. The highest BCUT2D eigenvalue weighted by Gasteiger charge is 2.13. The molecule has 4 rings (SSSR count). The van der Waals surface area contributed by atoms with Crippen LogP contribution in [-0.2, 0) is 16.0 Å². The average Bonchev–Trinajstić information content (AvgIpc) is 3.20. The Morgan fingerprint density at radius 1 is 1.15 bits per heavy atom. The van der Waals surface area contributed by atoms with Crippen molar-refractivity contribution in [3.8, 4) is 5.75 Å². The van der Waals surface area contributed by atoms with E-state index in [4.69, 9.17) is 14.3 Å². The van der Waals surface area contributed by atoms with Crippen molar-refractivity contribution in [3.63, 3.8) is 0 Å². The van der Waals surface area contributed by atoms with Gasteiger partial charge in [0.2, 0.25) is 5.91 Å². The van der Waals surface area contributed by atoms with Crippen LogP contribution in [0, 0.1) is 0 Å². The van der Waals surface area contributed by atoms with E-state index in [-0.39, 0.29) is 24.7 Å². The van der Waals surface area contributed by atoms with Gasteiger partial charge in [-0.3, -0.25) is 9.59 Å². The molecule has 0 saturated heterocycles. The highest BCUT2D eigenvalue weighted by Crippen LogP contribution is 2.25. The summed E-state index contributed by atoms with van der Waals surface area (Å²) in [6, 6.07) is 16.6. The second kappa shape index (κ2) is 10.0. The van der Waals surface area contributed by atoms with Crippen LogP contribution in [0.3, 0.4) is 0 Å². The molecule has 9 heteroatoms. The first-order valence-electron chi connectivity index (χ1n) is 10.7. The molecule has 0 saturated carbocycles. The van der Waals surface area contributed by atoms with Crippen LogP contribution < -0.4 is 15.4 Å². The molecule has 2 aromatic carbocycles. The van der Waals surface area contributed by atoms with Gasteiger partial charge in [-0.15, -0.1) is 0 Å². The number of carbonyl (C=O) groups is 2. The first kappa shape index (κ1) is 22.8. The number of benzene rings is 2. The number of fused-ring (bicyclic) bond motifs is 1. The number of methoxy groups -OCH3 is 1. The Bertz CT molecular complexity index is 1320. The largest absolute Gasteiger partial charge is 0.497 e.